The molecule has 1 heterocycles. The zero-order valence-corrected chi connectivity index (χ0v) is 13.3. The summed E-state index contributed by atoms with van der Waals surface area (Å²) in [5.41, 5.74) is 4.42. The normalized spacial score (nSPS) is 10.8. The highest BCUT2D eigenvalue weighted by Gasteiger charge is 2.08. The molecule has 0 fully saturated rings. The van der Waals surface area contributed by atoms with E-state index in [1.165, 1.54) is 0 Å². The summed E-state index contributed by atoms with van der Waals surface area (Å²) in [6.07, 6.45) is 1.72. The van der Waals surface area contributed by atoms with Crippen molar-refractivity contribution in [1.29, 1.82) is 0 Å². The lowest BCUT2D eigenvalue weighted by atomic mass is 10.2. The van der Waals surface area contributed by atoms with Gasteiger partial charge in [-0.1, -0.05) is 31.8 Å². The summed E-state index contributed by atoms with van der Waals surface area (Å²) >= 11 is 0. The molecular formula is C15H19N3OSi. The molecule has 1 aromatic heterocycles. The van der Waals surface area contributed by atoms with Crippen LogP contribution in [0.15, 0.2) is 30.6 Å². The molecule has 0 spiro atoms. The smallest absolute Gasteiger partial charge is 0.224 e. The summed E-state index contributed by atoms with van der Waals surface area (Å²) in [6.45, 7) is 7.29. The van der Waals surface area contributed by atoms with Crippen molar-refractivity contribution in [3.05, 3.63) is 42.0 Å². The molecule has 0 unspecified atom stereocenters. The number of nitrogens with zero attached hydrogens (tertiary/aromatic N) is 3. The van der Waals surface area contributed by atoms with Gasteiger partial charge in [0.2, 0.25) is 5.82 Å². The fraction of sp³-hybridized carbons (Fsp3) is 0.333. The van der Waals surface area contributed by atoms with Gasteiger partial charge in [-0.3, -0.25) is 0 Å². The number of hydrogen-bond acceptors (Lipinski definition) is 3. The Morgan fingerprint density at radius 3 is 2.50 bits per heavy atom. The van der Waals surface area contributed by atoms with E-state index in [4.69, 9.17) is 4.74 Å². The molecule has 2 rings (SSSR count). The molecule has 1 aromatic carbocycles. The number of benzene rings is 1. The van der Waals surface area contributed by atoms with E-state index in [0.717, 1.165) is 11.3 Å². The van der Waals surface area contributed by atoms with Crippen LogP contribution < -0.4 is 4.74 Å². The van der Waals surface area contributed by atoms with Crippen LogP contribution in [0.4, 0.5) is 0 Å². The molecule has 0 aliphatic rings. The van der Waals surface area contributed by atoms with Crippen molar-refractivity contribution >= 4 is 8.07 Å². The number of rotatable bonds is 3. The lowest BCUT2D eigenvalue weighted by Gasteiger charge is -2.03. The molecule has 0 aliphatic heterocycles. The van der Waals surface area contributed by atoms with E-state index >= 15 is 0 Å². The Kier molecular flexibility index (Phi) is 4.25. The van der Waals surface area contributed by atoms with Gasteiger partial charge in [0.05, 0.1) is 13.7 Å². The van der Waals surface area contributed by atoms with E-state index in [0.29, 0.717) is 12.4 Å². The molecule has 20 heavy (non-hydrogen) atoms. The van der Waals surface area contributed by atoms with Crippen molar-refractivity contribution in [2.24, 2.45) is 0 Å². The summed E-state index contributed by atoms with van der Waals surface area (Å²) in [5, 5.41) is 4.37. The fourth-order valence-electron chi connectivity index (χ4n) is 1.59. The van der Waals surface area contributed by atoms with Gasteiger partial charge in [-0.15, -0.1) is 10.6 Å². The molecule has 0 saturated carbocycles. The highest BCUT2D eigenvalue weighted by atomic mass is 28.3. The molecule has 0 atom stereocenters. The molecule has 2 aromatic rings. The zero-order chi connectivity index (χ0) is 14.6. The Balaban J connectivity index is 2.06. The second-order valence-corrected chi connectivity index (χ2v) is 10.4. The van der Waals surface area contributed by atoms with Crippen molar-refractivity contribution < 1.29 is 4.74 Å². The van der Waals surface area contributed by atoms with Gasteiger partial charge in [-0.25, -0.2) is 9.67 Å². The number of methoxy groups -OCH3 is 1. The lowest BCUT2D eigenvalue weighted by Crippen LogP contribution is -2.16. The maximum atomic E-state index is 5.14. The Morgan fingerprint density at radius 1 is 1.20 bits per heavy atom. The van der Waals surface area contributed by atoms with Gasteiger partial charge in [0.1, 0.15) is 20.2 Å². The largest absolute Gasteiger partial charge is 0.497 e. The van der Waals surface area contributed by atoms with Crippen LogP contribution in [-0.2, 0) is 6.54 Å². The molecule has 4 nitrogen and oxygen atoms in total. The molecule has 0 N–H and O–H groups in total. The third kappa shape index (κ3) is 4.25. The van der Waals surface area contributed by atoms with Crippen LogP contribution >= 0.6 is 0 Å². The standard InChI is InChI=1S/C15H19N3OSi/c1-19-14-7-5-13(6-8-14)11-18-12-16-15(17-18)9-10-20(2,3)4/h5-8,12H,11H2,1-4H3. The molecular weight excluding hydrogens is 266 g/mol. The number of ether oxygens (including phenoxy) is 1. The van der Waals surface area contributed by atoms with Gasteiger partial charge < -0.3 is 4.74 Å². The predicted molar refractivity (Wildman–Crippen MR) is 82.3 cm³/mol. The maximum absolute atomic E-state index is 5.14. The van der Waals surface area contributed by atoms with Gasteiger partial charge in [-0.05, 0) is 23.6 Å². The first-order valence-electron chi connectivity index (χ1n) is 6.52. The minimum Gasteiger partial charge on any atom is -0.497 e. The molecule has 0 saturated heterocycles. The first-order valence-corrected chi connectivity index (χ1v) is 10.0. The Bertz CT molecular complexity index is 630. The predicted octanol–water partition coefficient (Wildman–Crippen LogP) is 2.56. The van der Waals surface area contributed by atoms with Crippen LogP contribution in [0.5, 0.6) is 5.75 Å². The van der Waals surface area contributed by atoms with Crippen LogP contribution in [0, 0.1) is 11.5 Å². The van der Waals surface area contributed by atoms with Crippen LogP contribution in [0.3, 0.4) is 0 Å². The van der Waals surface area contributed by atoms with Crippen LogP contribution in [0.1, 0.15) is 11.4 Å². The first-order chi connectivity index (χ1) is 9.46. The number of aromatic nitrogens is 3. The van der Waals surface area contributed by atoms with E-state index in [-0.39, 0.29) is 0 Å². The Morgan fingerprint density at radius 2 is 1.90 bits per heavy atom. The highest BCUT2D eigenvalue weighted by Crippen LogP contribution is 2.11. The van der Waals surface area contributed by atoms with E-state index in [2.05, 4.69) is 41.2 Å². The van der Waals surface area contributed by atoms with E-state index in [9.17, 15) is 0 Å². The monoisotopic (exact) mass is 285 g/mol. The van der Waals surface area contributed by atoms with Crippen LogP contribution in [0.25, 0.3) is 0 Å². The summed E-state index contributed by atoms with van der Waals surface area (Å²) in [6, 6.07) is 7.93. The summed E-state index contributed by atoms with van der Waals surface area (Å²) in [4.78, 5) is 4.22. The van der Waals surface area contributed by atoms with Crippen molar-refractivity contribution in [1.82, 2.24) is 14.8 Å². The van der Waals surface area contributed by atoms with Gasteiger partial charge >= 0.3 is 0 Å². The average Bonchev–Trinajstić information content (AvgIpc) is 2.84. The van der Waals surface area contributed by atoms with Crippen molar-refractivity contribution in [3.8, 4) is 17.2 Å². The van der Waals surface area contributed by atoms with Crippen LogP contribution in [-0.4, -0.2) is 29.9 Å². The minimum atomic E-state index is -1.38. The summed E-state index contributed by atoms with van der Waals surface area (Å²) in [5.74, 6) is 4.51. The Hall–Kier alpha value is -2.06. The molecule has 0 aliphatic carbocycles. The molecule has 0 amide bonds. The quantitative estimate of drug-likeness (QED) is 0.643. The molecule has 5 heteroatoms. The Labute approximate surface area is 120 Å². The van der Waals surface area contributed by atoms with Crippen molar-refractivity contribution in [3.63, 3.8) is 0 Å². The van der Waals surface area contributed by atoms with Crippen molar-refractivity contribution in [2.75, 3.05) is 7.11 Å². The second-order valence-electron chi connectivity index (χ2n) is 5.61. The fourth-order valence-corrected chi connectivity index (χ4v) is 2.08. The third-order valence-electron chi connectivity index (χ3n) is 2.59. The number of hydrogen-bond donors (Lipinski definition) is 0. The minimum absolute atomic E-state index is 0.598. The average molecular weight is 285 g/mol. The molecule has 0 bridgehead atoms. The van der Waals surface area contributed by atoms with Gasteiger partial charge in [0.25, 0.3) is 0 Å². The highest BCUT2D eigenvalue weighted by molar-refractivity contribution is 6.83. The van der Waals surface area contributed by atoms with Gasteiger partial charge in [-0.2, -0.15) is 0 Å². The SMILES string of the molecule is COc1ccc(Cn2cnc(C#C[Si](C)(C)C)n2)cc1. The third-order valence-corrected chi connectivity index (χ3v) is 3.46. The van der Waals surface area contributed by atoms with E-state index in [1.54, 1.807) is 18.1 Å². The second kappa shape index (κ2) is 5.93. The molecule has 0 radical (unpaired) electrons. The lowest BCUT2D eigenvalue weighted by molar-refractivity contribution is 0.414. The summed E-state index contributed by atoms with van der Waals surface area (Å²) in [7, 11) is 0.283. The molecule has 104 valence electrons. The van der Waals surface area contributed by atoms with Crippen LogP contribution in [0.2, 0.25) is 19.6 Å². The van der Waals surface area contributed by atoms with Gasteiger partial charge in [0.15, 0.2) is 0 Å². The van der Waals surface area contributed by atoms with E-state index < -0.39 is 8.07 Å². The summed E-state index contributed by atoms with van der Waals surface area (Å²) < 4.78 is 6.94. The van der Waals surface area contributed by atoms with E-state index in [1.807, 2.05) is 24.3 Å². The maximum Gasteiger partial charge on any atom is 0.224 e. The topological polar surface area (TPSA) is 39.9 Å². The zero-order valence-electron chi connectivity index (χ0n) is 12.3. The van der Waals surface area contributed by atoms with Crippen molar-refractivity contribution in [2.45, 2.75) is 26.2 Å². The first kappa shape index (κ1) is 14.3. The van der Waals surface area contributed by atoms with Gasteiger partial charge in [0, 0.05) is 0 Å².